The molecule has 0 aromatic carbocycles. The first kappa shape index (κ1) is 14.1. The Bertz CT molecular complexity index is 355. The standard InChI is InChI=1S/C13H22N2O4/c1-13(11(16)17)6-3-2-4-10(13)15-12(18)14-9-5-7-19-8-9/h9-10H,2-8H2,1H3,(H,16,17)(H2,14,15,18). The second-order valence-electron chi connectivity index (χ2n) is 5.70. The van der Waals surface area contributed by atoms with Crippen LogP contribution in [0.2, 0.25) is 0 Å². The number of carbonyl (C=O) groups excluding carboxylic acids is 1. The van der Waals surface area contributed by atoms with Crippen molar-refractivity contribution in [2.75, 3.05) is 13.2 Å². The molecule has 6 heteroatoms. The first-order chi connectivity index (χ1) is 9.02. The van der Waals surface area contributed by atoms with Gasteiger partial charge in [0.1, 0.15) is 0 Å². The molecule has 1 heterocycles. The smallest absolute Gasteiger partial charge is 0.315 e. The summed E-state index contributed by atoms with van der Waals surface area (Å²) in [6.45, 7) is 2.92. The van der Waals surface area contributed by atoms with Crippen molar-refractivity contribution in [1.29, 1.82) is 0 Å². The van der Waals surface area contributed by atoms with Crippen molar-refractivity contribution >= 4 is 12.0 Å². The predicted molar refractivity (Wildman–Crippen MR) is 68.9 cm³/mol. The summed E-state index contributed by atoms with van der Waals surface area (Å²) in [6.07, 6.45) is 4.00. The molecule has 0 spiro atoms. The van der Waals surface area contributed by atoms with E-state index in [1.807, 2.05) is 0 Å². The molecule has 19 heavy (non-hydrogen) atoms. The lowest BCUT2D eigenvalue weighted by Crippen LogP contribution is -2.55. The van der Waals surface area contributed by atoms with E-state index in [0.29, 0.717) is 19.6 Å². The Morgan fingerprint density at radius 1 is 1.26 bits per heavy atom. The molecule has 0 aromatic rings. The molecule has 6 nitrogen and oxygen atoms in total. The van der Waals surface area contributed by atoms with Crippen molar-refractivity contribution in [1.82, 2.24) is 10.6 Å². The average Bonchev–Trinajstić information content (AvgIpc) is 2.84. The fraction of sp³-hybridized carbons (Fsp3) is 0.846. The summed E-state index contributed by atoms with van der Waals surface area (Å²) >= 11 is 0. The first-order valence-corrected chi connectivity index (χ1v) is 6.90. The largest absolute Gasteiger partial charge is 0.481 e. The number of hydrogen-bond donors (Lipinski definition) is 3. The number of nitrogens with one attached hydrogen (secondary N) is 2. The van der Waals surface area contributed by atoms with Gasteiger partial charge in [-0.15, -0.1) is 0 Å². The minimum Gasteiger partial charge on any atom is -0.481 e. The van der Waals surface area contributed by atoms with Crippen LogP contribution in [0.1, 0.15) is 39.0 Å². The summed E-state index contributed by atoms with van der Waals surface area (Å²) in [4.78, 5) is 23.3. The monoisotopic (exact) mass is 270 g/mol. The zero-order valence-electron chi connectivity index (χ0n) is 11.3. The number of ether oxygens (including phenoxy) is 1. The summed E-state index contributed by atoms with van der Waals surface area (Å²) in [6, 6.07) is -0.546. The van der Waals surface area contributed by atoms with E-state index >= 15 is 0 Å². The maximum Gasteiger partial charge on any atom is 0.315 e. The molecule has 0 bridgehead atoms. The maximum atomic E-state index is 11.9. The van der Waals surface area contributed by atoms with Gasteiger partial charge in [-0.1, -0.05) is 12.8 Å². The zero-order chi connectivity index (χ0) is 13.9. The van der Waals surface area contributed by atoms with Crippen LogP contribution in [0.3, 0.4) is 0 Å². The van der Waals surface area contributed by atoms with E-state index in [1.54, 1.807) is 6.92 Å². The molecular formula is C13H22N2O4. The van der Waals surface area contributed by atoms with Crippen molar-refractivity contribution in [3.8, 4) is 0 Å². The van der Waals surface area contributed by atoms with Crippen LogP contribution in [-0.4, -0.2) is 42.4 Å². The summed E-state index contributed by atoms with van der Waals surface area (Å²) in [5, 5.41) is 15.0. The average molecular weight is 270 g/mol. The van der Waals surface area contributed by atoms with Crippen LogP contribution in [0.4, 0.5) is 4.79 Å². The van der Waals surface area contributed by atoms with Crippen LogP contribution >= 0.6 is 0 Å². The van der Waals surface area contributed by atoms with Gasteiger partial charge < -0.3 is 20.5 Å². The van der Waals surface area contributed by atoms with Crippen molar-refractivity contribution < 1.29 is 19.4 Å². The van der Waals surface area contributed by atoms with Gasteiger partial charge in [-0.05, 0) is 26.2 Å². The lowest BCUT2D eigenvalue weighted by atomic mass is 9.72. The van der Waals surface area contributed by atoms with E-state index in [0.717, 1.165) is 25.7 Å². The Morgan fingerprint density at radius 2 is 2.05 bits per heavy atom. The quantitative estimate of drug-likeness (QED) is 0.717. The topological polar surface area (TPSA) is 87.7 Å². The van der Waals surface area contributed by atoms with Gasteiger partial charge in [-0.3, -0.25) is 4.79 Å². The normalized spacial score (nSPS) is 34.8. The van der Waals surface area contributed by atoms with E-state index < -0.39 is 11.4 Å². The third kappa shape index (κ3) is 3.18. The number of rotatable bonds is 3. The Hall–Kier alpha value is -1.30. The van der Waals surface area contributed by atoms with Crippen LogP contribution in [-0.2, 0) is 9.53 Å². The number of hydrogen-bond acceptors (Lipinski definition) is 3. The Morgan fingerprint density at radius 3 is 2.68 bits per heavy atom. The fourth-order valence-electron chi connectivity index (χ4n) is 2.85. The third-order valence-corrected chi connectivity index (χ3v) is 4.27. The second-order valence-corrected chi connectivity index (χ2v) is 5.70. The summed E-state index contributed by atoms with van der Waals surface area (Å²) in [5.74, 6) is -0.832. The minimum absolute atomic E-state index is 0.0414. The number of carboxylic acids is 1. The summed E-state index contributed by atoms with van der Waals surface area (Å²) < 4.78 is 5.19. The summed E-state index contributed by atoms with van der Waals surface area (Å²) in [5.41, 5.74) is -0.859. The molecule has 3 unspecified atom stereocenters. The van der Waals surface area contributed by atoms with Crippen molar-refractivity contribution in [2.24, 2.45) is 5.41 Å². The lowest BCUT2D eigenvalue weighted by Gasteiger charge is -2.38. The number of aliphatic carboxylic acids is 1. The number of urea groups is 1. The van der Waals surface area contributed by atoms with Gasteiger partial charge in [0.2, 0.25) is 0 Å². The van der Waals surface area contributed by atoms with Crippen molar-refractivity contribution in [3.05, 3.63) is 0 Å². The molecular weight excluding hydrogens is 248 g/mol. The molecule has 3 N–H and O–H groups in total. The predicted octanol–water partition coefficient (Wildman–Crippen LogP) is 1.11. The van der Waals surface area contributed by atoms with Crippen LogP contribution in [0.5, 0.6) is 0 Å². The highest BCUT2D eigenvalue weighted by Gasteiger charge is 2.44. The Balaban J connectivity index is 1.91. The van der Waals surface area contributed by atoms with Crippen LogP contribution in [0.25, 0.3) is 0 Å². The molecule has 2 aliphatic rings. The van der Waals surface area contributed by atoms with Gasteiger partial charge in [0.05, 0.1) is 18.1 Å². The third-order valence-electron chi connectivity index (χ3n) is 4.27. The molecule has 1 saturated carbocycles. The van der Waals surface area contributed by atoms with Gasteiger partial charge in [-0.25, -0.2) is 4.79 Å². The number of carbonyl (C=O) groups is 2. The maximum absolute atomic E-state index is 11.9. The van der Waals surface area contributed by atoms with Gasteiger partial charge in [0.25, 0.3) is 0 Å². The molecule has 1 aliphatic carbocycles. The van der Waals surface area contributed by atoms with Crippen molar-refractivity contribution in [3.63, 3.8) is 0 Å². The van der Waals surface area contributed by atoms with Gasteiger partial charge >= 0.3 is 12.0 Å². The van der Waals surface area contributed by atoms with Gasteiger partial charge in [-0.2, -0.15) is 0 Å². The Kier molecular flexibility index (Phi) is 4.29. The van der Waals surface area contributed by atoms with Crippen molar-refractivity contribution in [2.45, 2.75) is 51.1 Å². The summed E-state index contributed by atoms with van der Waals surface area (Å²) in [7, 11) is 0. The molecule has 3 atom stereocenters. The molecule has 2 rings (SSSR count). The number of amides is 2. The van der Waals surface area contributed by atoms with Gasteiger partial charge in [0.15, 0.2) is 0 Å². The molecule has 108 valence electrons. The molecule has 2 fully saturated rings. The number of carboxylic acid groups (broad SMARTS) is 1. The highest BCUT2D eigenvalue weighted by Crippen LogP contribution is 2.36. The molecule has 1 saturated heterocycles. The second kappa shape index (κ2) is 5.77. The van der Waals surface area contributed by atoms with Gasteiger partial charge in [0, 0.05) is 12.6 Å². The van der Waals surface area contributed by atoms with Crippen LogP contribution in [0, 0.1) is 5.41 Å². The molecule has 2 amide bonds. The van der Waals surface area contributed by atoms with E-state index in [4.69, 9.17) is 4.74 Å². The van der Waals surface area contributed by atoms with E-state index in [-0.39, 0.29) is 18.1 Å². The molecule has 0 aromatic heterocycles. The van der Waals surface area contributed by atoms with Crippen LogP contribution in [0.15, 0.2) is 0 Å². The minimum atomic E-state index is -0.859. The van der Waals surface area contributed by atoms with E-state index in [1.165, 1.54) is 0 Å². The SMILES string of the molecule is CC1(C(=O)O)CCCCC1NC(=O)NC1CCOC1. The highest BCUT2D eigenvalue weighted by atomic mass is 16.5. The highest BCUT2D eigenvalue weighted by molar-refractivity contribution is 5.79. The van der Waals surface area contributed by atoms with E-state index in [9.17, 15) is 14.7 Å². The Labute approximate surface area is 112 Å². The fourth-order valence-corrected chi connectivity index (χ4v) is 2.85. The lowest BCUT2D eigenvalue weighted by molar-refractivity contribution is -0.151. The van der Waals surface area contributed by atoms with E-state index in [2.05, 4.69) is 10.6 Å². The molecule has 1 aliphatic heterocycles. The zero-order valence-corrected chi connectivity index (χ0v) is 11.3. The molecule has 0 radical (unpaired) electrons. The first-order valence-electron chi connectivity index (χ1n) is 6.90. The van der Waals surface area contributed by atoms with Crippen LogP contribution < -0.4 is 10.6 Å².